The van der Waals surface area contributed by atoms with E-state index in [2.05, 4.69) is 48.4 Å². The molecule has 0 aliphatic carbocycles. The highest BCUT2D eigenvalue weighted by Gasteiger charge is 2.13. The fourth-order valence-corrected chi connectivity index (χ4v) is 2.28. The van der Waals surface area contributed by atoms with Crippen molar-refractivity contribution in [1.82, 2.24) is 10.3 Å². The highest BCUT2D eigenvalue weighted by molar-refractivity contribution is 7.13. The molecule has 0 fully saturated rings. The minimum Gasteiger partial charge on any atom is -0.383 e. The summed E-state index contributed by atoms with van der Waals surface area (Å²) in [7, 11) is 3.78. The highest BCUT2D eigenvalue weighted by atomic mass is 32.1. The van der Waals surface area contributed by atoms with Gasteiger partial charge in [0, 0.05) is 32.1 Å². The van der Waals surface area contributed by atoms with E-state index in [1.807, 2.05) is 0 Å². The van der Waals surface area contributed by atoms with Gasteiger partial charge in [0.15, 0.2) is 5.13 Å². The van der Waals surface area contributed by atoms with Crippen molar-refractivity contribution in [3.8, 4) is 0 Å². The number of methoxy groups -OCH3 is 1. The third kappa shape index (κ3) is 4.61. The van der Waals surface area contributed by atoms with E-state index in [1.165, 1.54) is 0 Å². The van der Waals surface area contributed by atoms with Gasteiger partial charge in [-0.2, -0.15) is 0 Å². The Balaban J connectivity index is 2.54. The lowest BCUT2D eigenvalue weighted by Crippen LogP contribution is -2.32. The molecule has 1 aromatic heterocycles. The Hall–Kier alpha value is -0.650. The number of ether oxygens (including phenoxy) is 1. The molecule has 0 saturated heterocycles. The molecular formula is C12H23N3OS. The Morgan fingerprint density at radius 3 is 2.76 bits per heavy atom. The standard InChI is InChI=1S/C12H23N3OS/c1-9(2)13-6-11-8-17-12(14-11)15(4)10(3)7-16-5/h8-10,13H,6-7H2,1-5H3. The van der Waals surface area contributed by atoms with E-state index < -0.39 is 0 Å². The summed E-state index contributed by atoms with van der Waals surface area (Å²) >= 11 is 1.68. The van der Waals surface area contributed by atoms with E-state index in [9.17, 15) is 0 Å². The van der Waals surface area contributed by atoms with E-state index in [-0.39, 0.29) is 0 Å². The third-order valence-electron chi connectivity index (χ3n) is 2.60. The first-order valence-corrected chi connectivity index (χ1v) is 6.82. The number of hydrogen-bond acceptors (Lipinski definition) is 5. The van der Waals surface area contributed by atoms with Crippen LogP contribution in [0.2, 0.25) is 0 Å². The van der Waals surface area contributed by atoms with Gasteiger partial charge in [0.2, 0.25) is 0 Å². The van der Waals surface area contributed by atoms with Gasteiger partial charge in [-0.25, -0.2) is 4.98 Å². The summed E-state index contributed by atoms with van der Waals surface area (Å²) in [6.07, 6.45) is 0. The van der Waals surface area contributed by atoms with E-state index in [0.29, 0.717) is 12.1 Å². The lowest BCUT2D eigenvalue weighted by atomic mass is 10.3. The topological polar surface area (TPSA) is 37.4 Å². The number of thiazole rings is 1. The Labute approximate surface area is 108 Å². The fraction of sp³-hybridized carbons (Fsp3) is 0.750. The van der Waals surface area contributed by atoms with Crippen LogP contribution < -0.4 is 10.2 Å². The minimum absolute atomic E-state index is 0.344. The second kappa shape index (κ2) is 6.93. The SMILES string of the molecule is COCC(C)N(C)c1nc(CNC(C)C)cs1. The van der Waals surface area contributed by atoms with Crippen LogP contribution in [0, 0.1) is 0 Å². The maximum absolute atomic E-state index is 5.15. The maximum Gasteiger partial charge on any atom is 0.185 e. The van der Waals surface area contributed by atoms with Crippen molar-refractivity contribution in [3.05, 3.63) is 11.1 Å². The number of anilines is 1. The first-order valence-electron chi connectivity index (χ1n) is 5.94. The molecule has 0 aromatic carbocycles. The van der Waals surface area contributed by atoms with E-state index in [1.54, 1.807) is 18.4 Å². The summed E-state index contributed by atoms with van der Waals surface area (Å²) < 4.78 is 5.15. The van der Waals surface area contributed by atoms with Crippen LogP contribution in [0.1, 0.15) is 26.5 Å². The van der Waals surface area contributed by atoms with Gasteiger partial charge < -0.3 is 15.0 Å². The first-order chi connectivity index (χ1) is 8.04. The molecule has 0 radical (unpaired) electrons. The molecule has 0 saturated carbocycles. The van der Waals surface area contributed by atoms with Crippen molar-refractivity contribution >= 4 is 16.5 Å². The number of nitrogens with one attached hydrogen (secondary N) is 1. The molecule has 1 unspecified atom stereocenters. The van der Waals surface area contributed by atoms with Gasteiger partial charge in [0.25, 0.3) is 0 Å². The van der Waals surface area contributed by atoms with Crippen LogP contribution in [-0.2, 0) is 11.3 Å². The minimum atomic E-state index is 0.344. The van der Waals surface area contributed by atoms with Crippen LogP contribution in [0.3, 0.4) is 0 Å². The van der Waals surface area contributed by atoms with Crippen LogP contribution in [-0.4, -0.2) is 37.8 Å². The van der Waals surface area contributed by atoms with Gasteiger partial charge >= 0.3 is 0 Å². The molecule has 0 amide bonds. The predicted molar refractivity (Wildman–Crippen MR) is 73.8 cm³/mol. The Kier molecular flexibility index (Phi) is 5.88. The van der Waals surface area contributed by atoms with Crippen LogP contribution in [0.15, 0.2) is 5.38 Å². The average molecular weight is 257 g/mol. The van der Waals surface area contributed by atoms with Crippen LogP contribution >= 0.6 is 11.3 Å². The Morgan fingerprint density at radius 1 is 1.47 bits per heavy atom. The predicted octanol–water partition coefficient (Wildman–Crippen LogP) is 2.11. The largest absolute Gasteiger partial charge is 0.383 e. The molecule has 1 N–H and O–H groups in total. The zero-order chi connectivity index (χ0) is 12.8. The number of aromatic nitrogens is 1. The monoisotopic (exact) mass is 257 g/mol. The van der Waals surface area contributed by atoms with Crippen molar-refractivity contribution in [2.75, 3.05) is 25.7 Å². The number of rotatable bonds is 7. The molecule has 0 aliphatic heterocycles. The van der Waals surface area contributed by atoms with Gasteiger partial charge in [-0.3, -0.25) is 0 Å². The lowest BCUT2D eigenvalue weighted by Gasteiger charge is -2.23. The molecule has 4 nitrogen and oxygen atoms in total. The van der Waals surface area contributed by atoms with Crippen molar-refractivity contribution in [2.24, 2.45) is 0 Å². The third-order valence-corrected chi connectivity index (χ3v) is 3.58. The zero-order valence-corrected chi connectivity index (χ0v) is 12.2. The van der Waals surface area contributed by atoms with Crippen molar-refractivity contribution < 1.29 is 4.74 Å². The summed E-state index contributed by atoms with van der Waals surface area (Å²) in [5.74, 6) is 0. The van der Waals surface area contributed by atoms with Gasteiger partial charge in [-0.05, 0) is 6.92 Å². The van der Waals surface area contributed by atoms with Crippen LogP contribution in [0.4, 0.5) is 5.13 Å². The fourth-order valence-electron chi connectivity index (χ4n) is 1.39. The van der Waals surface area contributed by atoms with Crippen LogP contribution in [0.5, 0.6) is 0 Å². The van der Waals surface area contributed by atoms with Gasteiger partial charge in [0.1, 0.15) is 0 Å². The second-order valence-corrected chi connectivity index (χ2v) is 5.41. The van der Waals surface area contributed by atoms with Gasteiger partial charge in [0.05, 0.1) is 18.3 Å². The van der Waals surface area contributed by atoms with E-state index >= 15 is 0 Å². The van der Waals surface area contributed by atoms with E-state index in [4.69, 9.17) is 4.74 Å². The molecule has 0 bridgehead atoms. The second-order valence-electron chi connectivity index (χ2n) is 4.57. The lowest BCUT2D eigenvalue weighted by molar-refractivity contribution is 0.183. The summed E-state index contributed by atoms with van der Waals surface area (Å²) in [5.41, 5.74) is 1.11. The first kappa shape index (κ1) is 14.4. The molecule has 0 aliphatic rings. The molecule has 1 atom stereocenters. The molecule has 5 heteroatoms. The molecule has 1 aromatic rings. The molecular weight excluding hydrogens is 234 g/mol. The molecule has 1 rings (SSSR count). The summed E-state index contributed by atoms with van der Waals surface area (Å²) in [6.45, 7) is 7.97. The number of likely N-dealkylation sites (N-methyl/N-ethyl adjacent to an activating group) is 1. The zero-order valence-electron chi connectivity index (χ0n) is 11.4. The summed E-state index contributed by atoms with van der Waals surface area (Å²) in [4.78, 5) is 6.77. The normalized spacial score (nSPS) is 13.1. The maximum atomic E-state index is 5.15. The molecule has 98 valence electrons. The number of nitrogens with zero attached hydrogens (tertiary/aromatic N) is 2. The van der Waals surface area contributed by atoms with Crippen LogP contribution in [0.25, 0.3) is 0 Å². The molecule has 0 spiro atoms. The molecule has 17 heavy (non-hydrogen) atoms. The Bertz CT molecular complexity index is 327. The summed E-state index contributed by atoms with van der Waals surface area (Å²) in [5, 5.41) is 6.53. The summed E-state index contributed by atoms with van der Waals surface area (Å²) in [6, 6.07) is 0.836. The number of hydrogen-bond donors (Lipinski definition) is 1. The van der Waals surface area contributed by atoms with E-state index in [0.717, 1.165) is 24.0 Å². The van der Waals surface area contributed by atoms with Gasteiger partial charge in [-0.15, -0.1) is 11.3 Å². The quantitative estimate of drug-likeness (QED) is 0.812. The van der Waals surface area contributed by atoms with Crippen molar-refractivity contribution in [3.63, 3.8) is 0 Å². The Morgan fingerprint density at radius 2 is 2.18 bits per heavy atom. The van der Waals surface area contributed by atoms with Gasteiger partial charge in [-0.1, -0.05) is 13.8 Å². The average Bonchev–Trinajstić information content (AvgIpc) is 2.74. The highest BCUT2D eigenvalue weighted by Crippen LogP contribution is 2.21. The van der Waals surface area contributed by atoms with Crippen molar-refractivity contribution in [1.29, 1.82) is 0 Å². The van der Waals surface area contributed by atoms with Crippen molar-refractivity contribution in [2.45, 2.75) is 39.4 Å². The molecule has 1 heterocycles. The smallest absolute Gasteiger partial charge is 0.185 e.